The van der Waals surface area contributed by atoms with E-state index in [0.717, 1.165) is 0 Å². The smallest absolute Gasteiger partial charge is 0.327 e. The van der Waals surface area contributed by atoms with Crippen molar-refractivity contribution in [1.29, 1.82) is 0 Å². The summed E-state index contributed by atoms with van der Waals surface area (Å²) >= 11 is 1.50. The molecule has 19 heavy (non-hydrogen) atoms. The van der Waals surface area contributed by atoms with Crippen molar-refractivity contribution in [2.75, 3.05) is 18.8 Å². The number of morpholine rings is 1. The zero-order valence-corrected chi connectivity index (χ0v) is 12.2. The third-order valence-corrected chi connectivity index (χ3v) is 4.64. The fourth-order valence-electron chi connectivity index (χ4n) is 2.62. The topological polar surface area (TPSA) is 70.1 Å². The normalized spacial score (nSPS) is 35.5. The van der Waals surface area contributed by atoms with Gasteiger partial charge in [-0.15, -0.1) is 11.8 Å². The molecule has 4 atom stereocenters. The molecule has 108 valence electrons. The summed E-state index contributed by atoms with van der Waals surface area (Å²) in [5.41, 5.74) is 0. The summed E-state index contributed by atoms with van der Waals surface area (Å²) in [7, 11) is 0. The summed E-state index contributed by atoms with van der Waals surface area (Å²) < 4.78 is 5.60. The maximum atomic E-state index is 12.5. The molecule has 0 aromatic rings. The first kappa shape index (κ1) is 14.5. The molecule has 0 saturated carbocycles. The van der Waals surface area contributed by atoms with Gasteiger partial charge in [0.15, 0.2) is 0 Å². The summed E-state index contributed by atoms with van der Waals surface area (Å²) in [4.78, 5) is 26.9. The monoisotopic (exact) mass is 288 g/mol. The lowest BCUT2D eigenvalue weighted by Gasteiger charge is -2.39. The van der Waals surface area contributed by atoms with Crippen LogP contribution < -0.4 is 0 Å². The standard InChI is InChI=1S/C12H20N2O4S/c1-7-4-13(5-8(2)18-7)12(17)14-9(3)19-6-10(14)11(15)16/h7-10H,4-6H2,1-3H3,(H,15,16). The average molecular weight is 288 g/mol. The minimum Gasteiger partial charge on any atom is -0.480 e. The number of nitrogens with zero attached hydrogens (tertiary/aromatic N) is 2. The van der Waals surface area contributed by atoms with Crippen molar-refractivity contribution in [1.82, 2.24) is 9.80 Å². The summed E-state index contributed by atoms with van der Waals surface area (Å²) in [6, 6.07) is -0.909. The van der Waals surface area contributed by atoms with Crippen molar-refractivity contribution >= 4 is 23.8 Å². The van der Waals surface area contributed by atoms with Crippen molar-refractivity contribution in [2.45, 2.75) is 44.4 Å². The van der Waals surface area contributed by atoms with Crippen molar-refractivity contribution in [3.63, 3.8) is 0 Å². The summed E-state index contributed by atoms with van der Waals surface area (Å²) in [6.07, 6.45) is -0.0249. The number of ether oxygens (including phenoxy) is 1. The summed E-state index contributed by atoms with van der Waals surface area (Å²) in [5, 5.41) is 9.11. The van der Waals surface area contributed by atoms with Crippen LogP contribution >= 0.6 is 11.8 Å². The molecule has 0 bridgehead atoms. The molecule has 4 unspecified atom stereocenters. The lowest BCUT2D eigenvalue weighted by Crippen LogP contribution is -2.56. The first-order valence-corrected chi connectivity index (χ1v) is 7.52. The predicted octanol–water partition coefficient (Wildman–Crippen LogP) is 1.06. The maximum Gasteiger partial charge on any atom is 0.327 e. The first-order chi connectivity index (χ1) is 8.90. The van der Waals surface area contributed by atoms with Gasteiger partial charge in [0.2, 0.25) is 0 Å². The van der Waals surface area contributed by atoms with Crippen LogP contribution in [0.15, 0.2) is 0 Å². The molecule has 2 heterocycles. The number of carboxylic acid groups (broad SMARTS) is 1. The third-order valence-electron chi connectivity index (χ3n) is 3.42. The predicted molar refractivity (Wildman–Crippen MR) is 72.2 cm³/mol. The summed E-state index contributed by atoms with van der Waals surface area (Å²) in [6.45, 7) is 6.76. The molecule has 0 aliphatic carbocycles. The van der Waals surface area contributed by atoms with Gasteiger partial charge in [0.25, 0.3) is 0 Å². The van der Waals surface area contributed by atoms with Crippen LogP contribution in [0, 0.1) is 0 Å². The van der Waals surface area contributed by atoms with E-state index in [2.05, 4.69) is 0 Å². The lowest BCUT2D eigenvalue weighted by atomic mass is 10.2. The number of carbonyl (C=O) groups excluding carboxylic acids is 1. The second-order valence-corrected chi connectivity index (χ2v) is 6.49. The van der Waals surface area contributed by atoms with Gasteiger partial charge >= 0.3 is 12.0 Å². The fourth-order valence-corrected chi connectivity index (χ4v) is 3.78. The number of rotatable bonds is 1. The van der Waals surface area contributed by atoms with Crippen LogP contribution in [0.1, 0.15) is 20.8 Å². The maximum absolute atomic E-state index is 12.5. The van der Waals surface area contributed by atoms with Gasteiger partial charge in [-0.2, -0.15) is 0 Å². The van der Waals surface area contributed by atoms with E-state index in [1.54, 1.807) is 4.90 Å². The molecule has 0 aromatic heterocycles. The zero-order chi connectivity index (χ0) is 14.2. The van der Waals surface area contributed by atoms with E-state index in [4.69, 9.17) is 4.74 Å². The number of thioether (sulfide) groups is 1. The van der Waals surface area contributed by atoms with Gasteiger partial charge in [0.05, 0.1) is 17.6 Å². The molecule has 2 aliphatic heterocycles. The summed E-state index contributed by atoms with van der Waals surface area (Å²) in [5.74, 6) is -0.475. The molecule has 0 aromatic carbocycles. The highest BCUT2D eigenvalue weighted by Crippen LogP contribution is 2.30. The molecule has 0 spiro atoms. The number of carbonyl (C=O) groups is 2. The van der Waals surface area contributed by atoms with E-state index in [1.807, 2.05) is 20.8 Å². The van der Waals surface area contributed by atoms with Crippen molar-refractivity contribution in [2.24, 2.45) is 0 Å². The minimum atomic E-state index is -0.931. The van der Waals surface area contributed by atoms with Crippen LogP contribution in [0.3, 0.4) is 0 Å². The Bertz CT molecular complexity index is 369. The second-order valence-electron chi connectivity index (χ2n) is 5.14. The average Bonchev–Trinajstić information content (AvgIpc) is 2.69. The van der Waals surface area contributed by atoms with Gasteiger partial charge in [0, 0.05) is 18.8 Å². The number of hydrogen-bond acceptors (Lipinski definition) is 4. The van der Waals surface area contributed by atoms with E-state index in [9.17, 15) is 14.7 Å². The Balaban J connectivity index is 2.11. The fraction of sp³-hybridized carbons (Fsp3) is 0.833. The number of hydrogen-bond donors (Lipinski definition) is 1. The van der Waals surface area contributed by atoms with Crippen LogP contribution in [0.5, 0.6) is 0 Å². The Kier molecular flexibility index (Phi) is 4.25. The molecule has 2 rings (SSSR count). The number of amides is 2. The van der Waals surface area contributed by atoms with Crippen LogP contribution in [0.4, 0.5) is 4.79 Å². The minimum absolute atomic E-state index is 0.0125. The van der Waals surface area contributed by atoms with Gasteiger partial charge < -0.3 is 14.7 Å². The quantitative estimate of drug-likeness (QED) is 0.781. The largest absolute Gasteiger partial charge is 0.480 e. The lowest BCUT2D eigenvalue weighted by molar-refractivity contribution is -0.141. The van der Waals surface area contributed by atoms with Gasteiger partial charge in [0.1, 0.15) is 6.04 Å². The first-order valence-electron chi connectivity index (χ1n) is 6.47. The van der Waals surface area contributed by atoms with Gasteiger partial charge in [-0.05, 0) is 20.8 Å². The molecule has 2 aliphatic rings. The van der Waals surface area contributed by atoms with E-state index in [0.29, 0.717) is 18.8 Å². The van der Waals surface area contributed by atoms with Gasteiger partial charge in [-0.3, -0.25) is 4.90 Å². The number of urea groups is 1. The van der Waals surface area contributed by atoms with Gasteiger partial charge in [-0.25, -0.2) is 9.59 Å². The second kappa shape index (κ2) is 5.58. The highest BCUT2D eigenvalue weighted by Gasteiger charge is 2.42. The van der Waals surface area contributed by atoms with E-state index >= 15 is 0 Å². The molecular weight excluding hydrogens is 268 g/mol. The van der Waals surface area contributed by atoms with Crippen LogP contribution in [-0.4, -0.2) is 69.4 Å². The molecule has 2 saturated heterocycles. The highest BCUT2D eigenvalue weighted by atomic mass is 32.2. The molecule has 2 amide bonds. The Morgan fingerprint density at radius 3 is 2.32 bits per heavy atom. The number of aliphatic carboxylic acids is 1. The molecular formula is C12H20N2O4S. The van der Waals surface area contributed by atoms with Gasteiger partial charge in [-0.1, -0.05) is 0 Å². The Morgan fingerprint density at radius 2 is 1.79 bits per heavy atom. The third kappa shape index (κ3) is 2.97. The van der Waals surface area contributed by atoms with Crippen LogP contribution in [0.2, 0.25) is 0 Å². The molecule has 0 radical (unpaired) electrons. The Morgan fingerprint density at radius 1 is 1.21 bits per heavy atom. The van der Waals surface area contributed by atoms with Crippen LogP contribution in [-0.2, 0) is 9.53 Å². The van der Waals surface area contributed by atoms with Crippen molar-refractivity contribution < 1.29 is 19.4 Å². The molecule has 7 heteroatoms. The van der Waals surface area contributed by atoms with Crippen molar-refractivity contribution in [3.8, 4) is 0 Å². The highest BCUT2D eigenvalue weighted by molar-refractivity contribution is 8.00. The molecule has 1 N–H and O–H groups in total. The Hall–Kier alpha value is -0.950. The Labute approximate surface area is 117 Å². The zero-order valence-electron chi connectivity index (χ0n) is 11.4. The molecule has 6 nitrogen and oxygen atoms in total. The SMILES string of the molecule is CC1CN(C(=O)N2C(C)SCC2C(=O)O)CC(C)O1. The van der Waals surface area contributed by atoms with Crippen LogP contribution in [0.25, 0.3) is 0 Å². The molecule has 2 fully saturated rings. The number of carboxylic acids is 1. The van der Waals surface area contributed by atoms with Crippen molar-refractivity contribution in [3.05, 3.63) is 0 Å². The van der Waals surface area contributed by atoms with E-state index in [-0.39, 0.29) is 23.6 Å². The van der Waals surface area contributed by atoms with E-state index in [1.165, 1.54) is 16.7 Å². The van der Waals surface area contributed by atoms with E-state index < -0.39 is 12.0 Å².